The van der Waals surface area contributed by atoms with E-state index in [4.69, 9.17) is 9.47 Å². The van der Waals surface area contributed by atoms with Gasteiger partial charge in [-0.1, -0.05) is 30.3 Å². The maximum Gasteiger partial charge on any atom is 0.310 e. The summed E-state index contributed by atoms with van der Waals surface area (Å²) in [4.78, 5) is 38.2. The molecule has 0 radical (unpaired) electrons. The number of fused-ring (bicyclic) bond motifs is 2. The van der Waals surface area contributed by atoms with Crippen molar-refractivity contribution < 1.29 is 23.9 Å². The Morgan fingerprint density at radius 1 is 0.935 bits per heavy atom. The Bertz CT molecular complexity index is 940. The molecule has 0 saturated heterocycles. The van der Waals surface area contributed by atoms with Crippen LogP contribution in [0, 0.1) is 23.7 Å². The third kappa shape index (κ3) is 4.63. The summed E-state index contributed by atoms with van der Waals surface area (Å²) in [6, 6.07) is 16.1. The number of Topliss-reactive ketones (excluding diaryl/α,β-unsaturated/α-hetero) is 1. The largest absolute Gasteiger partial charge is 0.494 e. The Morgan fingerprint density at radius 2 is 1.61 bits per heavy atom. The van der Waals surface area contributed by atoms with E-state index in [1.54, 1.807) is 36.4 Å². The van der Waals surface area contributed by atoms with Gasteiger partial charge in [-0.15, -0.1) is 0 Å². The molecule has 0 aliphatic heterocycles. The van der Waals surface area contributed by atoms with Crippen molar-refractivity contribution in [3.63, 3.8) is 0 Å². The predicted octanol–water partition coefficient (Wildman–Crippen LogP) is 4.11. The first-order chi connectivity index (χ1) is 15.1. The molecule has 2 aliphatic rings. The first-order valence-electron chi connectivity index (χ1n) is 10.9. The molecule has 2 bridgehead atoms. The fraction of sp³-hybridized carbons (Fsp3) is 0.400. The zero-order valence-electron chi connectivity index (χ0n) is 17.6. The number of ether oxygens (including phenoxy) is 2. The quantitative estimate of drug-likeness (QED) is 0.512. The summed E-state index contributed by atoms with van der Waals surface area (Å²) in [5.41, 5.74) is 1.23. The molecule has 6 nitrogen and oxygen atoms in total. The molecule has 2 fully saturated rings. The number of benzene rings is 2. The first kappa shape index (κ1) is 21.1. The molecule has 2 aromatic rings. The van der Waals surface area contributed by atoms with Gasteiger partial charge in [0.2, 0.25) is 0 Å². The molecule has 4 atom stereocenters. The second-order valence-corrected chi connectivity index (χ2v) is 8.23. The lowest BCUT2D eigenvalue weighted by atomic mass is 9.75. The van der Waals surface area contributed by atoms with E-state index < -0.39 is 17.8 Å². The second-order valence-electron chi connectivity index (χ2n) is 8.23. The van der Waals surface area contributed by atoms with Gasteiger partial charge in [0.1, 0.15) is 5.75 Å². The molecule has 2 aliphatic carbocycles. The third-order valence-corrected chi connectivity index (χ3v) is 6.34. The molecule has 0 heterocycles. The Hall–Kier alpha value is -3.15. The number of esters is 1. The van der Waals surface area contributed by atoms with Crippen LogP contribution in [0.4, 0.5) is 5.69 Å². The molecule has 1 amide bonds. The molecule has 31 heavy (non-hydrogen) atoms. The van der Waals surface area contributed by atoms with Gasteiger partial charge >= 0.3 is 5.97 Å². The highest BCUT2D eigenvalue weighted by atomic mass is 16.5. The van der Waals surface area contributed by atoms with Gasteiger partial charge < -0.3 is 14.8 Å². The summed E-state index contributed by atoms with van der Waals surface area (Å²) in [7, 11) is 0. The average molecular weight is 421 g/mol. The highest BCUT2D eigenvalue weighted by Crippen LogP contribution is 2.53. The van der Waals surface area contributed by atoms with Crippen LogP contribution in [0.5, 0.6) is 5.75 Å². The minimum Gasteiger partial charge on any atom is -0.494 e. The van der Waals surface area contributed by atoms with Gasteiger partial charge in [0.25, 0.3) is 5.91 Å². The highest BCUT2D eigenvalue weighted by molar-refractivity contribution is 6.01. The average Bonchev–Trinajstić information content (AvgIpc) is 3.41. The molecule has 0 spiro atoms. The van der Waals surface area contributed by atoms with E-state index in [1.807, 2.05) is 25.1 Å². The van der Waals surface area contributed by atoms with Gasteiger partial charge in [-0.3, -0.25) is 14.4 Å². The summed E-state index contributed by atoms with van der Waals surface area (Å²) >= 11 is 0. The molecule has 6 heteroatoms. The SMILES string of the molecule is CCOc1ccc(NC(=O)COC(=O)[C@@H]2[C@H]3CC[C@@H](C3)[C@H]2C(=O)c2ccccc2)cc1. The summed E-state index contributed by atoms with van der Waals surface area (Å²) in [5.74, 6) is -0.578. The van der Waals surface area contributed by atoms with Gasteiger partial charge in [0, 0.05) is 17.2 Å². The number of amides is 1. The van der Waals surface area contributed by atoms with Crippen LogP contribution in [0.25, 0.3) is 0 Å². The lowest BCUT2D eigenvalue weighted by Gasteiger charge is -2.28. The number of nitrogens with one attached hydrogen (secondary N) is 1. The molecule has 1 N–H and O–H groups in total. The molecule has 2 aromatic carbocycles. The molecule has 162 valence electrons. The van der Waals surface area contributed by atoms with Crippen LogP contribution in [0.2, 0.25) is 0 Å². The van der Waals surface area contributed by atoms with Crippen molar-refractivity contribution in [2.45, 2.75) is 26.2 Å². The topological polar surface area (TPSA) is 81.7 Å². The van der Waals surface area contributed by atoms with Crippen LogP contribution < -0.4 is 10.1 Å². The summed E-state index contributed by atoms with van der Waals surface area (Å²) in [6.07, 6.45) is 2.78. The smallest absolute Gasteiger partial charge is 0.310 e. The van der Waals surface area contributed by atoms with Crippen LogP contribution in [-0.4, -0.2) is 30.9 Å². The Balaban J connectivity index is 1.35. The number of carbonyl (C=O) groups excluding carboxylic acids is 3. The van der Waals surface area contributed by atoms with Crippen molar-refractivity contribution in [2.24, 2.45) is 23.7 Å². The van der Waals surface area contributed by atoms with Crippen molar-refractivity contribution >= 4 is 23.3 Å². The van der Waals surface area contributed by atoms with E-state index in [2.05, 4.69) is 5.32 Å². The fourth-order valence-electron chi connectivity index (χ4n) is 5.03. The van der Waals surface area contributed by atoms with E-state index >= 15 is 0 Å². The summed E-state index contributed by atoms with van der Waals surface area (Å²) < 4.78 is 10.7. The zero-order chi connectivity index (χ0) is 21.8. The van der Waals surface area contributed by atoms with Gasteiger partial charge in [0.05, 0.1) is 12.5 Å². The fourth-order valence-corrected chi connectivity index (χ4v) is 5.03. The van der Waals surface area contributed by atoms with Crippen LogP contribution >= 0.6 is 0 Å². The number of ketones is 1. The molecule has 0 unspecified atom stereocenters. The van der Waals surface area contributed by atoms with Crippen molar-refractivity contribution in [1.82, 2.24) is 0 Å². The standard InChI is InChI=1S/C25H27NO5/c1-2-30-20-12-10-19(11-13-20)26-21(27)15-31-25(29)23-18-9-8-17(14-18)22(23)24(28)16-6-4-3-5-7-16/h3-7,10-13,17-18,22-23H,2,8-9,14-15H2,1H3,(H,26,27)/t17-,18-,22+,23+/m0/s1. The lowest BCUT2D eigenvalue weighted by Crippen LogP contribution is -2.37. The molecular weight excluding hydrogens is 394 g/mol. The van der Waals surface area contributed by atoms with E-state index in [9.17, 15) is 14.4 Å². The zero-order valence-corrected chi connectivity index (χ0v) is 17.6. The number of carbonyl (C=O) groups is 3. The minimum atomic E-state index is -0.468. The van der Waals surface area contributed by atoms with Gasteiger partial charge in [-0.05, 0) is 62.3 Å². The number of rotatable bonds is 8. The third-order valence-electron chi connectivity index (χ3n) is 6.34. The number of hydrogen-bond acceptors (Lipinski definition) is 5. The van der Waals surface area contributed by atoms with Crippen LogP contribution in [0.3, 0.4) is 0 Å². The summed E-state index contributed by atoms with van der Waals surface area (Å²) in [6.45, 7) is 2.10. The second kappa shape index (κ2) is 9.33. The van der Waals surface area contributed by atoms with E-state index in [1.165, 1.54) is 0 Å². The van der Waals surface area contributed by atoms with Gasteiger partial charge in [-0.2, -0.15) is 0 Å². The minimum absolute atomic E-state index is 0.00795. The number of anilines is 1. The van der Waals surface area contributed by atoms with E-state index in [0.29, 0.717) is 17.9 Å². The lowest BCUT2D eigenvalue weighted by molar-refractivity contribution is -0.154. The highest BCUT2D eigenvalue weighted by Gasteiger charge is 2.54. The van der Waals surface area contributed by atoms with Gasteiger partial charge in [-0.25, -0.2) is 0 Å². The molecule has 0 aromatic heterocycles. The Labute approximate surface area is 181 Å². The molecular formula is C25H27NO5. The van der Waals surface area contributed by atoms with Crippen LogP contribution in [0.15, 0.2) is 54.6 Å². The van der Waals surface area contributed by atoms with Crippen molar-refractivity contribution in [3.05, 3.63) is 60.2 Å². The van der Waals surface area contributed by atoms with E-state index in [0.717, 1.165) is 25.0 Å². The van der Waals surface area contributed by atoms with Crippen molar-refractivity contribution in [3.8, 4) is 5.75 Å². The molecule has 2 saturated carbocycles. The maximum atomic E-state index is 13.1. The Morgan fingerprint density at radius 3 is 2.29 bits per heavy atom. The summed E-state index contributed by atoms with van der Waals surface area (Å²) in [5, 5.41) is 2.71. The first-order valence-corrected chi connectivity index (χ1v) is 10.9. The van der Waals surface area contributed by atoms with Crippen LogP contribution in [-0.2, 0) is 14.3 Å². The van der Waals surface area contributed by atoms with Crippen molar-refractivity contribution in [2.75, 3.05) is 18.5 Å². The number of hydrogen-bond donors (Lipinski definition) is 1. The normalized spacial score (nSPS) is 23.9. The molecule has 4 rings (SSSR count). The van der Waals surface area contributed by atoms with Crippen molar-refractivity contribution in [1.29, 1.82) is 0 Å². The van der Waals surface area contributed by atoms with E-state index in [-0.39, 0.29) is 30.1 Å². The maximum absolute atomic E-state index is 13.1. The monoisotopic (exact) mass is 421 g/mol. The van der Waals surface area contributed by atoms with Gasteiger partial charge in [0.15, 0.2) is 12.4 Å². The predicted molar refractivity (Wildman–Crippen MR) is 116 cm³/mol. The Kier molecular flexibility index (Phi) is 6.35. The van der Waals surface area contributed by atoms with Crippen LogP contribution in [0.1, 0.15) is 36.5 Å².